The van der Waals surface area contributed by atoms with E-state index >= 15 is 0 Å². The molecule has 5 heteroatoms. The van der Waals surface area contributed by atoms with Crippen LogP contribution in [0.4, 0.5) is 0 Å². The predicted molar refractivity (Wildman–Crippen MR) is 62.0 cm³/mol. The van der Waals surface area contributed by atoms with Gasteiger partial charge in [-0.2, -0.15) is 0 Å². The topological polar surface area (TPSA) is 61.4 Å². The summed E-state index contributed by atoms with van der Waals surface area (Å²) in [6.07, 6.45) is 3.42. The lowest BCUT2D eigenvalue weighted by Crippen LogP contribution is -2.43. The number of rotatable bonds is 5. The maximum Gasteiger partial charge on any atom is 0.236 e. The summed E-state index contributed by atoms with van der Waals surface area (Å²) >= 11 is 0. The fourth-order valence-electron chi connectivity index (χ4n) is 1.80. The summed E-state index contributed by atoms with van der Waals surface area (Å²) in [4.78, 5) is 24.6. The Labute approximate surface area is 96.6 Å². The molecule has 0 bridgehead atoms. The highest BCUT2D eigenvalue weighted by atomic mass is 16.2. The van der Waals surface area contributed by atoms with Gasteiger partial charge in [0.05, 0.1) is 13.1 Å². The van der Waals surface area contributed by atoms with Gasteiger partial charge in [-0.05, 0) is 26.2 Å². The summed E-state index contributed by atoms with van der Waals surface area (Å²) in [5.41, 5.74) is 0. The van der Waals surface area contributed by atoms with Gasteiger partial charge in [-0.15, -0.1) is 0 Å². The van der Waals surface area contributed by atoms with E-state index in [1.807, 2.05) is 11.8 Å². The number of nitrogens with one attached hydrogen (secondary N) is 2. The molecule has 1 aliphatic rings. The zero-order chi connectivity index (χ0) is 11.8. The van der Waals surface area contributed by atoms with E-state index in [0.29, 0.717) is 6.54 Å². The highest BCUT2D eigenvalue weighted by molar-refractivity contribution is 5.81. The van der Waals surface area contributed by atoms with Crippen molar-refractivity contribution in [2.75, 3.05) is 32.7 Å². The third-order valence-corrected chi connectivity index (χ3v) is 2.64. The molecule has 0 aliphatic carbocycles. The fourth-order valence-corrected chi connectivity index (χ4v) is 1.80. The quantitative estimate of drug-likeness (QED) is 0.679. The monoisotopic (exact) mass is 227 g/mol. The lowest BCUT2D eigenvalue weighted by atomic mass is 10.1. The fraction of sp³-hybridized carbons (Fsp3) is 0.818. The molecule has 5 nitrogen and oxygen atoms in total. The number of likely N-dealkylation sites (tertiary alicyclic amines) is 1. The second kappa shape index (κ2) is 7.22. The van der Waals surface area contributed by atoms with Crippen LogP contribution in [0, 0.1) is 0 Å². The third-order valence-electron chi connectivity index (χ3n) is 2.64. The Kier molecular flexibility index (Phi) is 5.85. The predicted octanol–water partition coefficient (Wildman–Crippen LogP) is -0.275. The Bertz CT molecular complexity index is 237. The maximum atomic E-state index is 11.7. The van der Waals surface area contributed by atoms with Gasteiger partial charge >= 0.3 is 0 Å². The summed E-state index contributed by atoms with van der Waals surface area (Å²) in [5.74, 6) is 0.0398. The highest BCUT2D eigenvalue weighted by Crippen LogP contribution is 2.07. The van der Waals surface area contributed by atoms with E-state index < -0.39 is 0 Å². The smallest absolute Gasteiger partial charge is 0.236 e. The number of amides is 2. The van der Waals surface area contributed by atoms with Crippen molar-refractivity contribution < 1.29 is 9.59 Å². The number of carbonyl (C=O) groups is 2. The molecule has 0 spiro atoms. The molecule has 1 saturated heterocycles. The summed E-state index contributed by atoms with van der Waals surface area (Å²) < 4.78 is 0. The summed E-state index contributed by atoms with van der Waals surface area (Å²) in [7, 11) is 0. The van der Waals surface area contributed by atoms with Gasteiger partial charge in [0.1, 0.15) is 0 Å². The van der Waals surface area contributed by atoms with Crippen LogP contribution in [0.3, 0.4) is 0 Å². The van der Waals surface area contributed by atoms with Crippen molar-refractivity contribution in [3.63, 3.8) is 0 Å². The zero-order valence-electron chi connectivity index (χ0n) is 9.92. The molecule has 1 fully saturated rings. The minimum atomic E-state index is -0.0612. The molecular weight excluding hydrogens is 206 g/mol. The minimum absolute atomic E-state index is 0.0612. The number of carbonyl (C=O) groups excluding carboxylic acids is 2. The van der Waals surface area contributed by atoms with Crippen molar-refractivity contribution in [2.45, 2.75) is 26.2 Å². The van der Waals surface area contributed by atoms with Crippen LogP contribution in [-0.4, -0.2) is 49.4 Å². The first-order valence-electron chi connectivity index (χ1n) is 5.99. The van der Waals surface area contributed by atoms with Crippen molar-refractivity contribution in [3.8, 4) is 0 Å². The molecule has 2 amide bonds. The van der Waals surface area contributed by atoms with Gasteiger partial charge in [0.2, 0.25) is 11.8 Å². The second-order valence-corrected chi connectivity index (χ2v) is 4.00. The van der Waals surface area contributed by atoms with Crippen LogP contribution in [0.2, 0.25) is 0 Å². The van der Waals surface area contributed by atoms with Crippen molar-refractivity contribution >= 4 is 11.8 Å². The molecule has 2 N–H and O–H groups in total. The van der Waals surface area contributed by atoms with Gasteiger partial charge in [-0.1, -0.05) is 0 Å². The highest BCUT2D eigenvalue weighted by Gasteiger charge is 2.15. The molecule has 0 radical (unpaired) electrons. The minimum Gasteiger partial charge on any atom is -0.355 e. The Morgan fingerprint density at radius 3 is 2.44 bits per heavy atom. The largest absolute Gasteiger partial charge is 0.355 e. The van der Waals surface area contributed by atoms with E-state index in [1.165, 1.54) is 6.42 Å². The first-order valence-corrected chi connectivity index (χ1v) is 5.99. The molecular formula is C11H21N3O2. The van der Waals surface area contributed by atoms with Crippen LogP contribution in [0.5, 0.6) is 0 Å². The maximum absolute atomic E-state index is 11.7. The molecule has 0 atom stereocenters. The van der Waals surface area contributed by atoms with Crippen LogP contribution in [0.15, 0.2) is 0 Å². The van der Waals surface area contributed by atoms with E-state index in [-0.39, 0.29) is 24.9 Å². The number of nitrogens with zero attached hydrogens (tertiary/aromatic N) is 1. The van der Waals surface area contributed by atoms with Gasteiger partial charge in [0, 0.05) is 19.6 Å². The zero-order valence-corrected chi connectivity index (χ0v) is 9.92. The Hall–Kier alpha value is -1.10. The molecule has 92 valence electrons. The van der Waals surface area contributed by atoms with Crippen LogP contribution >= 0.6 is 0 Å². The number of likely N-dealkylation sites (N-methyl/N-ethyl adjacent to an activating group) is 1. The van der Waals surface area contributed by atoms with Crippen molar-refractivity contribution in [1.82, 2.24) is 15.5 Å². The number of hydrogen-bond acceptors (Lipinski definition) is 3. The average Bonchev–Trinajstić information content (AvgIpc) is 2.30. The van der Waals surface area contributed by atoms with Gasteiger partial charge in [-0.25, -0.2) is 0 Å². The van der Waals surface area contributed by atoms with E-state index in [0.717, 1.165) is 25.9 Å². The third kappa shape index (κ3) is 4.61. The van der Waals surface area contributed by atoms with Gasteiger partial charge < -0.3 is 10.2 Å². The Morgan fingerprint density at radius 2 is 1.81 bits per heavy atom. The molecule has 0 aromatic carbocycles. The van der Waals surface area contributed by atoms with Crippen LogP contribution < -0.4 is 10.6 Å². The van der Waals surface area contributed by atoms with Crippen molar-refractivity contribution in [1.29, 1.82) is 0 Å². The number of hydrogen-bond donors (Lipinski definition) is 2. The average molecular weight is 227 g/mol. The summed E-state index contributed by atoms with van der Waals surface area (Å²) in [6.45, 7) is 4.70. The van der Waals surface area contributed by atoms with Gasteiger partial charge in [-0.3, -0.25) is 14.9 Å². The van der Waals surface area contributed by atoms with Crippen LogP contribution in [-0.2, 0) is 9.59 Å². The van der Waals surface area contributed by atoms with E-state index in [2.05, 4.69) is 10.6 Å². The molecule has 0 unspecified atom stereocenters. The van der Waals surface area contributed by atoms with Crippen LogP contribution in [0.1, 0.15) is 26.2 Å². The van der Waals surface area contributed by atoms with Gasteiger partial charge in [0.15, 0.2) is 0 Å². The molecule has 0 aromatic heterocycles. The Balaban J connectivity index is 2.12. The molecule has 0 aromatic rings. The van der Waals surface area contributed by atoms with E-state index in [4.69, 9.17) is 0 Å². The van der Waals surface area contributed by atoms with E-state index in [9.17, 15) is 9.59 Å². The van der Waals surface area contributed by atoms with Crippen molar-refractivity contribution in [2.24, 2.45) is 0 Å². The number of piperidine rings is 1. The SMILES string of the molecule is CCNC(=O)CNCC(=O)N1CCCCC1. The lowest BCUT2D eigenvalue weighted by molar-refractivity contribution is -0.131. The second-order valence-electron chi connectivity index (χ2n) is 4.00. The Morgan fingerprint density at radius 1 is 1.12 bits per heavy atom. The molecule has 16 heavy (non-hydrogen) atoms. The molecule has 1 rings (SSSR count). The van der Waals surface area contributed by atoms with Crippen LogP contribution in [0.25, 0.3) is 0 Å². The molecule has 1 heterocycles. The normalized spacial score (nSPS) is 15.9. The molecule has 0 saturated carbocycles. The standard InChI is InChI=1S/C11H21N3O2/c1-2-13-10(15)8-12-9-11(16)14-6-4-3-5-7-14/h12H,2-9H2,1H3,(H,13,15). The first-order chi connectivity index (χ1) is 7.74. The first kappa shape index (κ1) is 13.0. The van der Waals surface area contributed by atoms with Gasteiger partial charge in [0.25, 0.3) is 0 Å². The molecule has 1 aliphatic heterocycles. The summed E-state index contributed by atoms with van der Waals surface area (Å²) in [5, 5.41) is 5.54. The van der Waals surface area contributed by atoms with Crippen molar-refractivity contribution in [3.05, 3.63) is 0 Å². The lowest BCUT2D eigenvalue weighted by Gasteiger charge is -2.26. The summed E-state index contributed by atoms with van der Waals surface area (Å²) in [6, 6.07) is 0. The van der Waals surface area contributed by atoms with E-state index in [1.54, 1.807) is 0 Å².